The van der Waals surface area contributed by atoms with Gasteiger partial charge in [0.25, 0.3) is 0 Å². The molecule has 0 aromatic heterocycles. The Kier molecular flexibility index (Phi) is 5.48. The summed E-state index contributed by atoms with van der Waals surface area (Å²) in [4.78, 5) is 2.34. The summed E-state index contributed by atoms with van der Waals surface area (Å²) < 4.78 is 11.1. The Balaban J connectivity index is 1.68. The first kappa shape index (κ1) is 14.2. The average Bonchev–Trinajstić information content (AvgIpc) is 2.89. The zero-order valence-corrected chi connectivity index (χ0v) is 11.5. The van der Waals surface area contributed by atoms with Crippen LogP contribution in [0.25, 0.3) is 0 Å². The predicted octanol–water partition coefficient (Wildman–Crippen LogP) is 1.78. The lowest BCUT2D eigenvalue weighted by molar-refractivity contribution is 0.204. The molecule has 1 atom stereocenters. The van der Waals surface area contributed by atoms with E-state index < -0.39 is 0 Å². The minimum Gasteiger partial charge on any atom is -0.494 e. The zero-order valence-electron chi connectivity index (χ0n) is 11.5. The van der Waals surface area contributed by atoms with E-state index in [9.17, 15) is 0 Å². The third-order valence-corrected chi connectivity index (χ3v) is 3.44. The van der Waals surface area contributed by atoms with Crippen molar-refractivity contribution in [2.24, 2.45) is 5.92 Å². The van der Waals surface area contributed by atoms with E-state index in [1.807, 2.05) is 31.2 Å². The van der Waals surface area contributed by atoms with Crippen molar-refractivity contribution < 1.29 is 14.6 Å². The van der Waals surface area contributed by atoms with Crippen LogP contribution in [0.4, 0.5) is 0 Å². The first-order valence-electron chi connectivity index (χ1n) is 7.00. The summed E-state index contributed by atoms with van der Waals surface area (Å²) in [5.41, 5.74) is 0. The zero-order chi connectivity index (χ0) is 13.5. The predicted molar refractivity (Wildman–Crippen MR) is 74.7 cm³/mol. The lowest BCUT2D eigenvalue weighted by Gasteiger charge is -2.16. The molecule has 1 saturated heterocycles. The van der Waals surface area contributed by atoms with Crippen molar-refractivity contribution in [1.82, 2.24) is 4.90 Å². The molecule has 4 nitrogen and oxygen atoms in total. The summed E-state index contributed by atoms with van der Waals surface area (Å²) in [5.74, 6) is 2.20. The molecule has 1 aliphatic rings. The minimum atomic E-state index is 0.302. The average molecular weight is 265 g/mol. The molecule has 0 spiro atoms. The van der Waals surface area contributed by atoms with E-state index in [0.717, 1.165) is 37.6 Å². The van der Waals surface area contributed by atoms with Gasteiger partial charge in [0.15, 0.2) is 0 Å². The van der Waals surface area contributed by atoms with E-state index in [0.29, 0.717) is 25.7 Å². The Hall–Kier alpha value is -1.26. The largest absolute Gasteiger partial charge is 0.494 e. The third-order valence-electron chi connectivity index (χ3n) is 3.44. The Morgan fingerprint density at radius 1 is 1.21 bits per heavy atom. The van der Waals surface area contributed by atoms with Crippen LogP contribution in [0.3, 0.4) is 0 Å². The van der Waals surface area contributed by atoms with E-state index >= 15 is 0 Å². The van der Waals surface area contributed by atoms with Crippen LogP contribution in [-0.2, 0) is 0 Å². The number of rotatable bonds is 7. The highest BCUT2D eigenvalue weighted by Gasteiger charge is 2.20. The second kappa shape index (κ2) is 7.36. The summed E-state index contributed by atoms with van der Waals surface area (Å²) in [7, 11) is 0. The van der Waals surface area contributed by atoms with Gasteiger partial charge in [-0.3, -0.25) is 4.90 Å². The molecular formula is C15H23NO3. The van der Waals surface area contributed by atoms with Gasteiger partial charge in [0.1, 0.15) is 18.1 Å². The van der Waals surface area contributed by atoms with Gasteiger partial charge in [-0.1, -0.05) is 0 Å². The highest BCUT2D eigenvalue weighted by Crippen LogP contribution is 2.18. The molecule has 1 aromatic rings. The second-order valence-electron chi connectivity index (χ2n) is 4.89. The first-order valence-corrected chi connectivity index (χ1v) is 7.00. The maximum Gasteiger partial charge on any atom is 0.119 e. The monoisotopic (exact) mass is 265 g/mol. The summed E-state index contributed by atoms with van der Waals surface area (Å²) >= 11 is 0. The van der Waals surface area contributed by atoms with Crippen molar-refractivity contribution in [1.29, 1.82) is 0 Å². The number of hydrogen-bond acceptors (Lipinski definition) is 4. The van der Waals surface area contributed by atoms with Gasteiger partial charge in [0.2, 0.25) is 0 Å². The van der Waals surface area contributed by atoms with Crippen LogP contribution < -0.4 is 9.47 Å². The molecular weight excluding hydrogens is 242 g/mol. The summed E-state index contributed by atoms with van der Waals surface area (Å²) in [6.45, 7) is 6.62. The van der Waals surface area contributed by atoms with Gasteiger partial charge < -0.3 is 14.6 Å². The maximum atomic E-state index is 9.09. The molecule has 0 aliphatic carbocycles. The van der Waals surface area contributed by atoms with E-state index in [1.54, 1.807) is 0 Å². The molecule has 4 heteroatoms. The van der Waals surface area contributed by atoms with Gasteiger partial charge in [-0.2, -0.15) is 0 Å². The lowest BCUT2D eigenvalue weighted by Crippen LogP contribution is -2.26. The molecule has 1 unspecified atom stereocenters. The lowest BCUT2D eigenvalue weighted by atomic mass is 10.1. The molecule has 2 rings (SSSR count). The first-order chi connectivity index (χ1) is 9.31. The van der Waals surface area contributed by atoms with Gasteiger partial charge in [-0.25, -0.2) is 0 Å². The Morgan fingerprint density at radius 2 is 1.89 bits per heavy atom. The summed E-state index contributed by atoms with van der Waals surface area (Å²) in [5, 5.41) is 9.09. The molecule has 1 N–H and O–H groups in total. The van der Waals surface area contributed by atoms with Crippen molar-refractivity contribution in [3.8, 4) is 11.5 Å². The second-order valence-corrected chi connectivity index (χ2v) is 4.89. The highest BCUT2D eigenvalue weighted by molar-refractivity contribution is 5.31. The van der Waals surface area contributed by atoms with Crippen LogP contribution in [0, 0.1) is 5.92 Å². The van der Waals surface area contributed by atoms with E-state index in [4.69, 9.17) is 14.6 Å². The molecule has 1 aliphatic heterocycles. The number of likely N-dealkylation sites (tertiary alicyclic amines) is 1. The van der Waals surface area contributed by atoms with Crippen LogP contribution in [0.1, 0.15) is 13.3 Å². The number of nitrogens with zero attached hydrogens (tertiary/aromatic N) is 1. The Morgan fingerprint density at radius 3 is 2.47 bits per heavy atom. The fourth-order valence-electron chi connectivity index (χ4n) is 2.36. The maximum absolute atomic E-state index is 9.09. The quantitative estimate of drug-likeness (QED) is 0.816. The number of ether oxygens (including phenoxy) is 2. The van der Waals surface area contributed by atoms with Gasteiger partial charge in [-0.05, 0) is 50.1 Å². The number of aliphatic hydroxyl groups excluding tert-OH is 1. The molecule has 0 bridgehead atoms. The molecule has 0 amide bonds. The number of hydrogen-bond donors (Lipinski definition) is 1. The molecule has 1 heterocycles. The molecule has 0 radical (unpaired) electrons. The Bertz CT molecular complexity index is 366. The SMILES string of the molecule is CCOc1ccc(OCCN2CCC(CO)C2)cc1. The fraction of sp³-hybridized carbons (Fsp3) is 0.600. The van der Waals surface area contributed by atoms with Crippen molar-refractivity contribution in [3.63, 3.8) is 0 Å². The van der Waals surface area contributed by atoms with Gasteiger partial charge in [-0.15, -0.1) is 0 Å². The molecule has 19 heavy (non-hydrogen) atoms. The van der Waals surface area contributed by atoms with Crippen molar-refractivity contribution in [2.75, 3.05) is 39.5 Å². The topological polar surface area (TPSA) is 41.9 Å². The van der Waals surface area contributed by atoms with Gasteiger partial charge in [0, 0.05) is 19.7 Å². The summed E-state index contributed by atoms with van der Waals surface area (Å²) in [6.07, 6.45) is 1.10. The van der Waals surface area contributed by atoms with Crippen LogP contribution >= 0.6 is 0 Å². The van der Waals surface area contributed by atoms with Crippen LogP contribution in [0.15, 0.2) is 24.3 Å². The minimum absolute atomic E-state index is 0.302. The van der Waals surface area contributed by atoms with Crippen LogP contribution in [-0.4, -0.2) is 49.5 Å². The third kappa shape index (κ3) is 4.40. The summed E-state index contributed by atoms with van der Waals surface area (Å²) in [6, 6.07) is 7.73. The van der Waals surface area contributed by atoms with Gasteiger partial charge in [0.05, 0.1) is 6.61 Å². The van der Waals surface area contributed by atoms with E-state index in [2.05, 4.69) is 4.90 Å². The van der Waals surface area contributed by atoms with Crippen LogP contribution in [0.2, 0.25) is 0 Å². The molecule has 1 aromatic carbocycles. The van der Waals surface area contributed by atoms with E-state index in [1.165, 1.54) is 0 Å². The smallest absolute Gasteiger partial charge is 0.119 e. The van der Waals surface area contributed by atoms with Gasteiger partial charge >= 0.3 is 0 Å². The number of benzene rings is 1. The molecule has 0 saturated carbocycles. The van der Waals surface area contributed by atoms with Crippen molar-refractivity contribution >= 4 is 0 Å². The molecule has 1 fully saturated rings. The number of aliphatic hydroxyl groups is 1. The standard InChI is InChI=1S/C15H23NO3/c1-2-18-14-3-5-15(6-4-14)19-10-9-16-8-7-13(11-16)12-17/h3-6,13,17H,2,7-12H2,1H3. The van der Waals surface area contributed by atoms with Crippen molar-refractivity contribution in [2.45, 2.75) is 13.3 Å². The fourth-order valence-corrected chi connectivity index (χ4v) is 2.36. The van der Waals surface area contributed by atoms with E-state index in [-0.39, 0.29) is 0 Å². The van der Waals surface area contributed by atoms with Crippen LogP contribution in [0.5, 0.6) is 11.5 Å². The van der Waals surface area contributed by atoms with Crippen molar-refractivity contribution in [3.05, 3.63) is 24.3 Å². The Labute approximate surface area is 114 Å². The molecule has 106 valence electrons. The normalized spacial score (nSPS) is 19.6. The highest BCUT2D eigenvalue weighted by atomic mass is 16.5.